The lowest BCUT2D eigenvalue weighted by atomic mass is 10.2. The van der Waals surface area contributed by atoms with Gasteiger partial charge in [0.15, 0.2) is 0 Å². The molecule has 0 aromatic heterocycles. The average Bonchev–Trinajstić information content (AvgIpc) is 2.60. The van der Waals surface area contributed by atoms with Crippen LogP contribution in [0.25, 0.3) is 0 Å². The minimum Gasteiger partial charge on any atom is -0.507 e. The van der Waals surface area contributed by atoms with E-state index in [0.29, 0.717) is 21.2 Å². The van der Waals surface area contributed by atoms with Crippen LogP contribution in [0.15, 0.2) is 41.5 Å². The van der Waals surface area contributed by atoms with Gasteiger partial charge in [0.25, 0.3) is 5.91 Å². The summed E-state index contributed by atoms with van der Waals surface area (Å²) in [5.74, 6) is -0.790. The second kappa shape index (κ2) is 9.43. The van der Waals surface area contributed by atoms with Crippen molar-refractivity contribution >= 4 is 52.8 Å². The fourth-order valence-corrected chi connectivity index (χ4v) is 2.37. The molecule has 26 heavy (non-hydrogen) atoms. The van der Waals surface area contributed by atoms with Crippen LogP contribution in [0.5, 0.6) is 5.75 Å². The highest BCUT2D eigenvalue weighted by Gasteiger charge is 2.08. The quantitative estimate of drug-likeness (QED) is 0.498. The molecule has 0 atom stereocenters. The molecule has 6 nitrogen and oxygen atoms in total. The Morgan fingerprint density at radius 3 is 2.58 bits per heavy atom. The number of hydrogen-bond acceptors (Lipinski definition) is 4. The van der Waals surface area contributed by atoms with E-state index in [4.69, 9.17) is 34.8 Å². The van der Waals surface area contributed by atoms with Crippen molar-refractivity contribution in [1.29, 1.82) is 0 Å². The van der Waals surface area contributed by atoms with Crippen molar-refractivity contribution in [1.82, 2.24) is 10.7 Å². The number of benzene rings is 2. The van der Waals surface area contributed by atoms with E-state index in [1.807, 2.05) is 0 Å². The van der Waals surface area contributed by atoms with Crippen molar-refractivity contribution in [3.8, 4) is 5.75 Å². The molecule has 0 spiro atoms. The molecule has 2 aromatic carbocycles. The van der Waals surface area contributed by atoms with Crippen molar-refractivity contribution < 1.29 is 14.7 Å². The van der Waals surface area contributed by atoms with Crippen LogP contribution in [-0.2, 0) is 4.79 Å². The third kappa shape index (κ3) is 5.91. The number of carbonyl (C=O) groups is 2. The maximum absolute atomic E-state index is 11.9. The number of aromatic hydroxyl groups is 1. The number of carbonyl (C=O) groups excluding carboxylic acids is 2. The molecule has 9 heteroatoms. The Balaban J connectivity index is 1.78. The maximum Gasteiger partial charge on any atom is 0.251 e. The van der Waals surface area contributed by atoms with Crippen LogP contribution >= 0.6 is 34.8 Å². The van der Waals surface area contributed by atoms with Gasteiger partial charge in [-0.15, -0.1) is 0 Å². The summed E-state index contributed by atoms with van der Waals surface area (Å²) in [6, 6.07) is 8.95. The number of phenols is 1. The topological polar surface area (TPSA) is 90.8 Å². The normalized spacial score (nSPS) is 10.7. The van der Waals surface area contributed by atoms with Gasteiger partial charge in [0.2, 0.25) is 5.91 Å². The number of halogens is 3. The van der Waals surface area contributed by atoms with Crippen molar-refractivity contribution in [2.24, 2.45) is 5.10 Å². The number of phenolic OH excluding ortho intramolecular Hbond substituents is 1. The number of nitrogens with zero attached hydrogens (tertiary/aromatic N) is 1. The van der Waals surface area contributed by atoms with Crippen LogP contribution < -0.4 is 10.7 Å². The Kier molecular flexibility index (Phi) is 7.26. The highest BCUT2D eigenvalue weighted by atomic mass is 35.5. The fourth-order valence-electron chi connectivity index (χ4n) is 1.89. The molecule has 0 bridgehead atoms. The smallest absolute Gasteiger partial charge is 0.251 e. The van der Waals surface area contributed by atoms with Crippen LogP contribution in [0.1, 0.15) is 22.3 Å². The molecule has 0 aliphatic carbocycles. The SMILES string of the molecule is O=C(CCNC(=O)c1ccc(Cl)c(Cl)c1)NN=Cc1cc(Cl)ccc1O. The average molecular weight is 415 g/mol. The minimum atomic E-state index is -0.405. The number of rotatable bonds is 6. The van der Waals surface area contributed by atoms with Crippen LogP contribution in [0, 0.1) is 0 Å². The molecule has 0 radical (unpaired) electrons. The summed E-state index contributed by atoms with van der Waals surface area (Å²) in [6.07, 6.45) is 1.29. The number of hydrazone groups is 1. The monoisotopic (exact) mass is 413 g/mol. The summed E-state index contributed by atoms with van der Waals surface area (Å²) in [6.45, 7) is 0.114. The van der Waals surface area contributed by atoms with Gasteiger partial charge in [-0.3, -0.25) is 9.59 Å². The Morgan fingerprint density at radius 1 is 1.08 bits per heavy atom. The van der Waals surface area contributed by atoms with Crippen molar-refractivity contribution in [2.45, 2.75) is 6.42 Å². The molecular formula is C17H14Cl3N3O3. The highest BCUT2D eigenvalue weighted by Crippen LogP contribution is 2.22. The molecule has 0 saturated carbocycles. The molecule has 2 rings (SSSR count). The molecule has 0 saturated heterocycles. The number of hydrogen-bond donors (Lipinski definition) is 3. The lowest BCUT2D eigenvalue weighted by Crippen LogP contribution is -2.29. The van der Waals surface area contributed by atoms with E-state index in [9.17, 15) is 14.7 Å². The van der Waals surface area contributed by atoms with Gasteiger partial charge in [0.1, 0.15) is 5.75 Å². The Labute approximate surface area is 164 Å². The minimum absolute atomic E-state index is 0.0127. The number of nitrogens with one attached hydrogen (secondary N) is 2. The zero-order valence-electron chi connectivity index (χ0n) is 13.3. The van der Waals surface area contributed by atoms with E-state index in [-0.39, 0.29) is 29.6 Å². The third-order valence-corrected chi connectivity index (χ3v) is 4.18. The third-order valence-electron chi connectivity index (χ3n) is 3.20. The Hall–Kier alpha value is -2.28. The van der Waals surface area contributed by atoms with E-state index in [1.54, 1.807) is 0 Å². The van der Waals surface area contributed by atoms with Crippen LogP contribution in [0.4, 0.5) is 0 Å². The van der Waals surface area contributed by atoms with Gasteiger partial charge in [0, 0.05) is 29.1 Å². The van der Waals surface area contributed by atoms with E-state index in [1.165, 1.54) is 42.6 Å². The van der Waals surface area contributed by atoms with E-state index in [0.717, 1.165) is 0 Å². The molecule has 0 aliphatic rings. The van der Waals surface area contributed by atoms with Crippen LogP contribution in [-0.4, -0.2) is 29.7 Å². The summed E-state index contributed by atoms with van der Waals surface area (Å²) in [7, 11) is 0. The van der Waals surface area contributed by atoms with Crippen molar-refractivity contribution in [2.75, 3.05) is 6.54 Å². The van der Waals surface area contributed by atoms with Gasteiger partial charge in [0.05, 0.1) is 16.3 Å². The zero-order chi connectivity index (χ0) is 19.1. The summed E-state index contributed by atoms with van der Waals surface area (Å²) in [4.78, 5) is 23.6. The van der Waals surface area contributed by atoms with Crippen LogP contribution in [0.3, 0.4) is 0 Å². The summed E-state index contributed by atoms with van der Waals surface area (Å²) in [5.41, 5.74) is 3.00. The first-order valence-electron chi connectivity index (χ1n) is 7.40. The predicted molar refractivity (Wildman–Crippen MR) is 102 cm³/mol. The molecule has 2 aromatic rings. The molecule has 0 heterocycles. The second-order valence-corrected chi connectivity index (χ2v) is 6.38. The molecular weight excluding hydrogens is 401 g/mol. The lowest BCUT2D eigenvalue weighted by molar-refractivity contribution is -0.120. The second-order valence-electron chi connectivity index (χ2n) is 5.13. The van der Waals surface area contributed by atoms with Crippen molar-refractivity contribution in [3.05, 3.63) is 62.6 Å². The molecule has 2 amide bonds. The highest BCUT2D eigenvalue weighted by molar-refractivity contribution is 6.42. The van der Waals surface area contributed by atoms with E-state index in [2.05, 4.69) is 15.8 Å². The van der Waals surface area contributed by atoms with Gasteiger partial charge in [-0.1, -0.05) is 34.8 Å². The van der Waals surface area contributed by atoms with Gasteiger partial charge < -0.3 is 10.4 Å². The molecule has 0 aliphatic heterocycles. The van der Waals surface area contributed by atoms with E-state index < -0.39 is 5.91 Å². The molecule has 0 fully saturated rings. The first-order valence-corrected chi connectivity index (χ1v) is 8.54. The van der Waals surface area contributed by atoms with Gasteiger partial charge in [-0.05, 0) is 36.4 Å². The number of amides is 2. The molecule has 0 unspecified atom stereocenters. The predicted octanol–water partition coefficient (Wildman–Crippen LogP) is 3.62. The first kappa shape index (κ1) is 20.0. The fraction of sp³-hybridized carbons (Fsp3) is 0.118. The van der Waals surface area contributed by atoms with Gasteiger partial charge in [-0.2, -0.15) is 5.10 Å². The first-order chi connectivity index (χ1) is 12.4. The van der Waals surface area contributed by atoms with E-state index >= 15 is 0 Å². The maximum atomic E-state index is 11.9. The molecule has 136 valence electrons. The Morgan fingerprint density at radius 2 is 1.85 bits per heavy atom. The Bertz CT molecular complexity index is 856. The summed E-state index contributed by atoms with van der Waals surface area (Å²) < 4.78 is 0. The van der Waals surface area contributed by atoms with Gasteiger partial charge >= 0.3 is 0 Å². The van der Waals surface area contributed by atoms with Crippen molar-refractivity contribution in [3.63, 3.8) is 0 Å². The van der Waals surface area contributed by atoms with Crippen LogP contribution in [0.2, 0.25) is 15.1 Å². The largest absolute Gasteiger partial charge is 0.507 e. The summed E-state index contributed by atoms with van der Waals surface area (Å²) in [5, 5.41) is 17.0. The lowest BCUT2D eigenvalue weighted by Gasteiger charge is -2.05. The standard InChI is InChI=1S/C17H14Cl3N3O3/c18-12-2-4-15(24)11(7-12)9-22-23-16(25)5-6-21-17(26)10-1-3-13(19)14(20)8-10/h1-4,7-9,24H,5-6H2,(H,21,26)(H,23,25). The van der Waals surface area contributed by atoms with Gasteiger partial charge in [-0.25, -0.2) is 5.43 Å². The summed E-state index contributed by atoms with van der Waals surface area (Å²) >= 11 is 17.5. The molecule has 3 N–H and O–H groups in total. The zero-order valence-corrected chi connectivity index (χ0v) is 15.6.